The number of carboxylic acids is 7. The summed E-state index contributed by atoms with van der Waals surface area (Å²) in [5.74, 6) is -10.3. The van der Waals surface area contributed by atoms with Crippen molar-refractivity contribution in [3.63, 3.8) is 0 Å². The second kappa shape index (κ2) is 38.1. The van der Waals surface area contributed by atoms with E-state index in [4.69, 9.17) is 35.7 Å². The van der Waals surface area contributed by atoms with Gasteiger partial charge in [0.2, 0.25) is 6.04 Å². The minimum atomic E-state index is -1.90. The third-order valence-electron chi connectivity index (χ3n) is 2.65. The largest absolute Gasteiger partial charge is 1.00 e. The predicted octanol–water partition coefficient (Wildman–Crippen LogP) is -20.9. The van der Waals surface area contributed by atoms with Crippen molar-refractivity contribution in [3.8, 4) is 0 Å². The molecule has 0 rings (SSSR count). The number of aliphatic hydroxyl groups is 4. The van der Waals surface area contributed by atoms with E-state index in [9.17, 15) is 54.0 Å². The molecule has 0 aliphatic carbocycles. The molecule has 0 spiro atoms. The molecule has 0 saturated heterocycles. The van der Waals surface area contributed by atoms with Crippen LogP contribution < -0.4 is 144 Å². The van der Waals surface area contributed by atoms with Crippen LogP contribution in [-0.2, 0) is 33.6 Å². The molecule has 0 aromatic carbocycles. The minimum Gasteiger partial charge on any atom is -0.547 e. The van der Waals surface area contributed by atoms with Gasteiger partial charge in [-0.3, -0.25) is 10.1 Å². The van der Waals surface area contributed by atoms with E-state index in [2.05, 4.69) is 0 Å². The van der Waals surface area contributed by atoms with Crippen molar-refractivity contribution in [3.05, 3.63) is 0 Å². The third-order valence-corrected chi connectivity index (χ3v) is 2.65. The number of hydrogen-bond donors (Lipinski definition) is 8. The van der Waals surface area contributed by atoms with E-state index in [1.165, 1.54) is 0 Å². The van der Waals surface area contributed by atoms with Crippen LogP contribution in [0.2, 0.25) is 0 Å². The van der Waals surface area contributed by atoms with Gasteiger partial charge >= 0.3 is 136 Å². The summed E-state index contributed by atoms with van der Waals surface area (Å²) in [5.41, 5.74) is 0. The fraction of sp³-hybridized carbons (Fsp3) is 0.611. The SMILES string of the molecule is CC(NC(C(=O)O)C(=O)O)C(=O)O.CC(O)C(=O)[O-].CC(O)C(=O)[O-].CC(O)C(=O)[O-].CC(O)C(=O)[O-].[Na+].[Na+].[Na+].[Na+]. The molecular weight excluding hydrogens is 610 g/mol. The second-order valence-corrected chi connectivity index (χ2v) is 6.32. The summed E-state index contributed by atoms with van der Waals surface area (Å²) in [6, 6.07) is -3.12. The molecule has 0 radical (unpaired) electrons. The van der Waals surface area contributed by atoms with Gasteiger partial charge in [-0.15, -0.1) is 0 Å². The van der Waals surface area contributed by atoms with Crippen LogP contribution in [0, 0.1) is 0 Å². The van der Waals surface area contributed by atoms with Crippen molar-refractivity contribution >= 4 is 41.8 Å². The molecular formula is C18H29NNa4O18. The first-order valence-corrected chi connectivity index (χ1v) is 9.43. The Bertz CT molecular complexity index is 663. The van der Waals surface area contributed by atoms with Crippen molar-refractivity contribution in [2.24, 2.45) is 0 Å². The molecule has 0 amide bonds. The summed E-state index contributed by atoms with van der Waals surface area (Å²) < 4.78 is 0. The zero-order valence-corrected chi connectivity index (χ0v) is 32.1. The van der Waals surface area contributed by atoms with Crippen LogP contribution in [0.1, 0.15) is 34.6 Å². The topological polar surface area (TPSA) is 365 Å². The van der Waals surface area contributed by atoms with Crippen LogP contribution >= 0.6 is 0 Å². The Morgan fingerprint density at radius 1 is 0.463 bits per heavy atom. The summed E-state index contributed by atoms with van der Waals surface area (Å²) >= 11 is 0. The van der Waals surface area contributed by atoms with E-state index in [-0.39, 0.29) is 118 Å². The van der Waals surface area contributed by atoms with Crippen LogP contribution in [0.15, 0.2) is 0 Å². The van der Waals surface area contributed by atoms with E-state index in [1.54, 1.807) is 0 Å². The number of rotatable bonds is 9. The van der Waals surface area contributed by atoms with E-state index < -0.39 is 78.3 Å². The number of carbonyl (C=O) groups excluding carboxylic acids is 4. The number of aliphatic carboxylic acids is 7. The molecule has 0 aromatic heterocycles. The number of aliphatic hydroxyl groups excluding tert-OH is 4. The van der Waals surface area contributed by atoms with Gasteiger partial charge in [0.1, 0.15) is 6.04 Å². The summed E-state index contributed by atoms with van der Waals surface area (Å²) in [6.07, 6.45) is -5.37. The van der Waals surface area contributed by atoms with Gasteiger partial charge in [0, 0.05) is 0 Å². The molecule has 5 unspecified atom stereocenters. The van der Waals surface area contributed by atoms with E-state index in [1.807, 2.05) is 5.32 Å². The number of carboxylic acid groups (broad SMARTS) is 7. The molecule has 218 valence electrons. The van der Waals surface area contributed by atoms with Gasteiger partial charge in [-0.05, 0) is 34.6 Å². The van der Waals surface area contributed by atoms with Gasteiger partial charge in [-0.2, -0.15) is 0 Å². The summed E-state index contributed by atoms with van der Waals surface area (Å²) in [7, 11) is 0. The van der Waals surface area contributed by atoms with Crippen molar-refractivity contribution < 1.29 is 208 Å². The summed E-state index contributed by atoms with van der Waals surface area (Å²) in [5, 5.41) is 96.2. The zero-order chi connectivity index (χ0) is 31.2. The number of hydrogen-bond acceptors (Lipinski definition) is 16. The van der Waals surface area contributed by atoms with Gasteiger partial charge in [-0.1, -0.05) is 0 Å². The molecule has 0 aliphatic rings. The van der Waals surface area contributed by atoms with Crippen molar-refractivity contribution in [2.75, 3.05) is 0 Å². The standard InChI is InChI=1S/C6H9NO6.4C3H6O3.4Na/c1-2(4(8)9)7-3(5(10)11)6(12)13;4*1-2(4)3(5)6;;;;/h2-3,7H,1H3,(H,8,9)(H,10,11)(H,12,13);4*2,4H,1H3,(H,5,6);;;;/q;;;;;4*+1/p-4. The molecule has 0 saturated carbocycles. The molecule has 19 nitrogen and oxygen atoms in total. The van der Waals surface area contributed by atoms with Crippen LogP contribution in [0.4, 0.5) is 0 Å². The normalized spacial score (nSPS) is 12.0. The monoisotopic (exact) mass is 639 g/mol. The fourth-order valence-electron chi connectivity index (χ4n) is 0.569. The van der Waals surface area contributed by atoms with E-state index >= 15 is 0 Å². The maximum Gasteiger partial charge on any atom is 1.00 e. The van der Waals surface area contributed by atoms with Crippen molar-refractivity contribution in [2.45, 2.75) is 71.1 Å². The first-order chi connectivity index (χ1) is 16.4. The third kappa shape index (κ3) is 56.5. The van der Waals surface area contributed by atoms with Gasteiger partial charge in [-0.25, -0.2) is 9.59 Å². The smallest absolute Gasteiger partial charge is 0.547 e. The second-order valence-electron chi connectivity index (χ2n) is 6.32. The first-order valence-electron chi connectivity index (χ1n) is 9.43. The van der Waals surface area contributed by atoms with Crippen LogP contribution in [0.5, 0.6) is 0 Å². The molecule has 0 heterocycles. The van der Waals surface area contributed by atoms with E-state index in [0.717, 1.165) is 34.6 Å². The molecule has 5 atom stereocenters. The Labute approximate surface area is 322 Å². The fourth-order valence-corrected chi connectivity index (χ4v) is 0.569. The Morgan fingerprint density at radius 3 is 0.683 bits per heavy atom. The van der Waals surface area contributed by atoms with Gasteiger partial charge in [0.25, 0.3) is 0 Å². The molecule has 8 N–H and O–H groups in total. The predicted molar refractivity (Wildman–Crippen MR) is 106 cm³/mol. The van der Waals surface area contributed by atoms with Crippen molar-refractivity contribution in [1.82, 2.24) is 5.32 Å². The molecule has 0 aromatic rings. The first kappa shape index (κ1) is 64.1. The molecule has 23 heteroatoms. The molecule has 41 heavy (non-hydrogen) atoms. The van der Waals surface area contributed by atoms with Crippen molar-refractivity contribution in [1.29, 1.82) is 0 Å². The molecule has 0 bridgehead atoms. The average molecular weight is 639 g/mol. The average Bonchev–Trinajstić information content (AvgIpc) is 2.72. The van der Waals surface area contributed by atoms with Crippen LogP contribution in [0.25, 0.3) is 0 Å². The quantitative estimate of drug-likeness (QED) is 0.0857. The minimum absolute atomic E-state index is 0. The summed E-state index contributed by atoms with van der Waals surface area (Å²) in [6.45, 7) is 5.69. The van der Waals surface area contributed by atoms with Crippen LogP contribution in [0.3, 0.4) is 0 Å². The van der Waals surface area contributed by atoms with Gasteiger partial charge in [0.15, 0.2) is 0 Å². The van der Waals surface area contributed by atoms with Gasteiger partial charge in [0.05, 0.1) is 48.3 Å². The van der Waals surface area contributed by atoms with Gasteiger partial charge < -0.3 is 75.3 Å². The Morgan fingerprint density at radius 2 is 0.610 bits per heavy atom. The maximum atomic E-state index is 10.3. The Balaban J connectivity index is -0.0000000457. The number of carbonyl (C=O) groups is 7. The Hall–Kier alpha value is 0.0900. The Kier molecular flexibility index (Phi) is 59.6. The maximum absolute atomic E-state index is 10.3. The number of nitrogens with one attached hydrogen (secondary N) is 1. The zero-order valence-electron chi connectivity index (χ0n) is 24.1. The van der Waals surface area contributed by atoms with E-state index in [0.29, 0.717) is 0 Å². The molecule has 0 fully saturated rings. The summed E-state index contributed by atoms with van der Waals surface area (Å²) in [4.78, 5) is 68.1. The molecule has 0 aliphatic heterocycles. The van der Waals surface area contributed by atoms with Crippen LogP contribution in [-0.4, -0.2) is 114 Å².